The number of hydrogen-bond acceptors (Lipinski definition) is 8. The number of aliphatic hydroxyl groups is 1. The third-order valence-electron chi connectivity index (χ3n) is 5.62. The number of nitriles is 1. The lowest BCUT2D eigenvalue weighted by Crippen LogP contribution is -2.42. The van der Waals surface area contributed by atoms with Gasteiger partial charge >= 0.3 is 0 Å². The number of alkyl halides is 1. The number of ether oxygens (including phenoxy) is 1. The minimum atomic E-state index is -1.63. The number of hydrogen-bond donors (Lipinski definition) is 3. The van der Waals surface area contributed by atoms with Gasteiger partial charge in [0.1, 0.15) is 12.2 Å². The highest BCUT2D eigenvalue weighted by Crippen LogP contribution is 2.24. The second-order valence-electron chi connectivity index (χ2n) is 8.78. The lowest BCUT2D eigenvalue weighted by atomic mass is 10.0. The number of nitrogens with one attached hydrogen (secondary N) is 2. The lowest BCUT2D eigenvalue weighted by Gasteiger charge is -2.26. The molecule has 1 aliphatic heterocycles. The standard InChI is InChI=1S/C23H26FN7O3/c1-23(2,33)19(24)12-28-22(32)17-11-26-20(7-18(17)30-16-4-3-5-34-13-16)31-21-15(10-29-31)6-14(8-25)9-27-21/h6-7,9-11,16,19,33H,3-5,12-13H2,1-2H3,(H,26,30)(H,28,32)/t16?,19-/m0/s1. The summed E-state index contributed by atoms with van der Waals surface area (Å²) in [6.45, 7) is 3.53. The third kappa shape index (κ3) is 5.13. The number of anilines is 1. The van der Waals surface area contributed by atoms with Crippen LogP contribution in [-0.4, -0.2) is 68.3 Å². The Balaban J connectivity index is 1.65. The fraction of sp³-hybridized carbons (Fsp3) is 0.435. The maximum absolute atomic E-state index is 14.2. The first-order valence-electron chi connectivity index (χ1n) is 11.0. The van der Waals surface area contributed by atoms with E-state index in [1.165, 1.54) is 30.9 Å². The van der Waals surface area contributed by atoms with Crippen LogP contribution in [0.3, 0.4) is 0 Å². The summed E-state index contributed by atoms with van der Waals surface area (Å²) in [5, 5.41) is 29.8. The smallest absolute Gasteiger partial charge is 0.255 e. The molecule has 178 valence electrons. The Hall–Kier alpha value is -3.62. The molecule has 1 amide bonds. The summed E-state index contributed by atoms with van der Waals surface area (Å²) in [7, 11) is 0. The molecule has 4 heterocycles. The summed E-state index contributed by atoms with van der Waals surface area (Å²) < 4.78 is 21.2. The Morgan fingerprint density at radius 3 is 2.91 bits per heavy atom. The molecular formula is C23H26FN7O3. The maximum atomic E-state index is 14.2. The van der Waals surface area contributed by atoms with Crippen LogP contribution < -0.4 is 10.6 Å². The second kappa shape index (κ2) is 9.70. The minimum absolute atomic E-state index is 0.00785. The molecule has 1 saturated heterocycles. The van der Waals surface area contributed by atoms with E-state index in [9.17, 15) is 14.3 Å². The first kappa shape index (κ1) is 23.5. The summed E-state index contributed by atoms with van der Waals surface area (Å²) >= 11 is 0. The molecular weight excluding hydrogens is 441 g/mol. The van der Waals surface area contributed by atoms with Gasteiger partial charge in [-0.15, -0.1) is 0 Å². The van der Waals surface area contributed by atoms with Crippen LogP contribution in [0.4, 0.5) is 10.1 Å². The predicted molar refractivity (Wildman–Crippen MR) is 122 cm³/mol. The molecule has 0 saturated carbocycles. The molecule has 1 aliphatic rings. The summed E-state index contributed by atoms with van der Waals surface area (Å²) in [4.78, 5) is 21.6. The molecule has 3 aromatic rings. The van der Waals surface area contributed by atoms with Gasteiger partial charge in [-0.05, 0) is 32.8 Å². The number of nitrogens with zero attached hydrogens (tertiary/aromatic N) is 5. The van der Waals surface area contributed by atoms with Gasteiger partial charge in [0.25, 0.3) is 5.91 Å². The summed E-state index contributed by atoms with van der Waals surface area (Å²) in [6, 6.07) is 5.40. The lowest BCUT2D eigenvalue weighted by molar-refractivity contribution is -0.00177. The Labute approximate surface area is 195 Å². The van der Waals surface area contributed by atoms with Crippen molar-refractivity contribution in [3.05, 3.63) is 41.9 Å². The third-order valence-corrected chi connectivity index (χ3v) is 5.62. The topological polar surface area (TPSA) is 138 Å². The van der Waals surface area contributed by atoms with Crippen molar-refractivity contribution >= 4 is 22.6 Å². The van der Waals surface area contributed by atoms with Gasteiger partial charge in [-0.2, -0.15) is 15.0 Å². The number of pyridine rings is 2. The van der Waals surface area contributed by atoms with Crippen molar-refractivity contribution in [2.75, 3.05) is 25.1 Å². The predicted octanol–water partition coefficient (Wildman–Crippen LogP) is 2.12. The quantitative estimate of drug-likeness (QED) is 0.480. The fourth-order valence-electron chi connectivity index (χ4n) is 3.61. The molecule has 0 aromatic carbocycles. The largest absolute Gasteiger partial charge is 0.387 e. The van der Waals surface area contributed by atoms with Gasteiger partial charge in [0, 0.05) is 36.5 Å². The molecule has 1 unspecified atom stereocenters. The van der Waals surface area contributed by atoms with Crippen molar-refractivity contribution in [1.29, 1.82) is 5.26 Å². The van der Waals surface area contributed by atoms with E-state index in [4.69, 9.17) is 10.00 Å². The van der Waals surface area contributed by atoms with Crippen molar-refractivity contribution in [3.63, 3.8) is 0 Å². The van der Waals surface area contributed by atoms with Crippen LogP contribution in [0.2, 0.25) is 0 Å². The maximum Gasteiger partial charge on any atom is 0.255 e. The average Bonchev–Trinajstić information content (AvgIpc) is 3.25. The van der Waals surface area contributed by atoms with Crippen LogP contribution in [0.1, 0.15) is 42.6 Å². The molecule has 0 radical (unpaired) electrons. The zero-order valence-electron chi connectivity index (χ0n) is 19.0. The Bertz CT molecular complexity index is 1230. The van der Waals surface area contributed by atoms with Crippen LogP contribution in [-0.2, 0) is 4.74 Å². The first-order valence-corrected chi connectivity index (χ1v) is 11.0. The Kier molecular flexibility index (Phi) is 6.72. The van der Waals surface area contributed by atoms with E-state index in [1.807, 2.05) is 6.07 Å². The number of fused-ring (bicyclic) bond motifs is 1. The van der Waals surface area contributed by atoms with E-state index >= 15 is 0 Å². The van der Waals surface area contributed by atoms with Gasteiger partial charge < -0.3 is 20.5 Å². The van der Waals surface area contributed by atoms with Crippen LogP contribution in [0.5, 0.6) is 0 Å². The second-order valence-corrected chi connectivity index (χ2v) is 8.78. The van der Waals surface area contributed by atoms with Crippen molar-refractivity contribution in [2.24, 2.45) is 0 Å². The molecule has 4 rings (SSSR count). The molecule has 1 fully saturated rings. The monoisotopic (exact) mass is 467 g/mol. The zero-order valence-corrected chi connectivity index (χ0v) is 19.0. The summed E-state index contributed by atoms with van der Waals surface area (Å²) in [6.07, 6.45) is 4.56. The van der Waals surface area contributed by atoms with Gasteiger partial charge in [0.15, 0.2) is 11.5 Å². The van der Waals surface area contributed by atoms with E-state index in [1.54, 1.807) is 18.3 Å². The summed E-state index contributed by atoms with van der Waals surface area (Å²) in [5.41, 5.74) is 0.0857. The SMILES string of the molecule is CC(C)(O)[C@@H](F)CNC(=O)c1cnc(-n2ncc3cc(C#N)cnc32)cc1NC1CCCOC1. The molecule has 0 aliphatic carbocycles. The first-order chi connectivity index (χ1) is 16.3. The molecule has 3 N–H and O–H groups in total. The molecule has 3 aromatic heterocycles. The fourth-order valence-corrected chi connectivity index (χ4v) is 3.61. The number of carbonyl (C=O) groups is 1. The van der Waals surface area contributed by atoms with E-state index in [0.717, 1.165) is 12.8 Å². The van der Waals surface area contributed by atoms with Gasteiger partial charge in [0.05, 0.1) is 41.8 Å². The molecule has 0 bridgehead atoms. The molecule has 10 nitrogen and oxygen atoms in total. The highest BCUT2D eigenvalue weighted by Gasteiger charge is 2.27. The average molecular weight is 468 g/mol. The van der Waals surface area contributed by atoms with Crippen molar-refractivity contribution in [3.8, 4) is 11.9 Å². The van der Waals surface area contributed by atoms with Crippen LogP contribution in [0.25, 0.3) is 16.9 Å². The number of halogens is 1. The Morgan fingerprint density at radius 1 is 1.38 bits per heavy atom. The van der Waals surface area contributed by atoms with E-state index < -0.39 is 17.7 Å². The minimum Gasteiger partial charge on any atom is -0.387 e. The zero-order chi connectivity index (χ0) is 24.3. The number of aromatic nitrogens is 4. The van der Waals surface area contributed by atoms with Gasteiger partial charge in [-0.1, -0.05) is 0 Å². The van der Waals surface area contributed by atoms with Crippen LogP contribution >= 0.6 is 0 Å². The normalized spacial score (nSPS) is 17.2. The molecule has 2 atom stereocenters. The van der Waals surface area contributed by atoms with Gasteiger partial charge in [-0.25, -0.2) is 14.4 Å². The van der Waals surface area contributed by atoms with E-state index in [2.05, 4.69) is 25.7 Å². The number of rotatable bonds is 7. The van der Waals surface area contributed by atoms with Crippen molar-refractivity contribution in [2.45, 2.75) is 44.5 Å². The highest BCUT2D eigenvalue weighted by molar-refractivity contribution is 5.99. The van der Waals surface area contributed by atoms with Gasteiger partial charge in [-0.3, -0.25) is 4.79 Å². The van der Waals surface area contributed by atoms with Gasteiger partial charge in [0.2, 0.25) is 0 Å². The Morgan fingerprint density at radius 2 is 2.21 bits per heavy atom. The number of carbonyl (C=O) groups excluding carboxylic acids is 1. The van der Waals surface area contributed by atoms with Crippen LogP contribution in [0.15, 0.2) is 30.7 Å². The van der Waals surface area contributed by atoms with Crippen molar-refractivity contribution < 1.29 is 19.0 Å². The van der Waals surface area contributed by atoms with Crippen molar-refractivity contribution in [1.82, 2.24) is 25.1 Å². The molecule has 0 spiro atoms. The molecule has 34 heavy (non-hydrogen) atoms. The summed E-state index contributed by atoms with van der Waals surface area (Å²) in [5.74, 6) is -0.102. The van der Waals surface area contributed by atoms with Crippen LogP contribution in [0, 0.1) is 11.3 Å². The molecule has 11 heteroatoms. The van der Waals surface area contributed by atoms with E-state index in [-0.39, 0.29) is 18.2 Å². The highest BCUT2D eigenvalue weighted by atomic mass is 19.1. The number of amides is 1. The van der Waals surface area contributed by atoms with E-state index in [0.29, 0.717) is 41.3 Å².